The van der Waals surface area contributed by atoms with E-state index in [-0.39, 0.29) is 18.6 Å². The third-order valence-electron chi connectivity index (χ3n) is 4.67. The van der Waals surface area contributed by atoms with Crippen molar-refractivity contribution in [3.63, 3.8) is 0 Å². The molecule has 0 radical (unpaired) electrons. The molecule has 3 rings (SSSR count). The smallest absolute Gasteiger partial charge is 0.410 e. The highest BCUT2D eigenvalue weighted by molar-refractivity contribution is 5.99. The zero-order valence-electron chi connectivity index (χ0n) is 16.1. The van der Waals surface area contributed by atoms with Crippen LogP contribution in [-0.2, 0) is 11.3 Å². The normalized spacial score (nSPS) is 13.8. The maximum Gasteiger partial charge on any atom is 0.410 e. The fourth-order valence-electron chi connectivity index (χ4n) is 3.12. The molecule has 0 aromatic heterocycles. The molecule has 2 aromatic carbocycles. The Kier molecular flexibility index (Phi) is 6.37. The lowest BCUT2D eigenvalue weighted by Gasteiger charge is -2.34. The molecule has 2 amide bonds. The molecule has 0 saturated carbocycles. The van der Waals surface area contributed by atoms with Crippen LogP contribution in [0, 0.1) is 0 Å². The summed E-state index contributed by atoms with van der Waals surface area (Å²) >= 11 is 0. The number of hydrogen-bond donors (Lipinski definition) is 0. The number of piperazine rings is 1. The summed E-state index contributed by atoms with van der Waals surface area (Å²) in [6.45, 7) is 1.89. The molecule has 7 heteroatoms. The Hall–Kier alpha value is -3.22. The summed E-state index contributed by atoms with van der Waals surface area (Å²) in [4.78, 5) is 28.6. The van der Waals surface area contributed by atoms with Crippen molar-refractivity contribution in [2.24, 2.45) is 0 Å². The van der Waals surface area contributed by atoms with Gasteiger partial charge in [0.05, 0.1) is 14.2 Å². The summed E-state index contributed by atoms with van der Waals surface area (Å²) < 4.78 is 16.0. The minimum Gasteiger partial charge on any atom is -0.496 e. The fraction of sp³-hybridized carbons (Fsp3) is 0.333. The second kappa shape index (κ2) is 9.12. The van der Waals surface area contributed by atoms with E-state index in [1.54, 1.807) is 28.0 Å². The van der Waals surface area contributed by atoms with Gasteiger partial charge in [0.1, 0.15) is 23.7 Å². The number of methoxy groups -OCH3 is 2. The zero-order chi connectivity index (χ0) is 19.9. The van der Waals surface area contributed by atoms with E-state index in [0.717, 1.165) is 5.56 Å². The van der Waals surface area contributed by atoms with Crippen LogP contribution < -0.4 is 9.47 Å². The van der Waals surface area contributed by atoms with Gasteiger partial charge in [-0.3, -0.25) is 4.79 Å². The monoisotopic (exact) mass is 384 g/mol. The minimum atomic E-state index is -0.370. The summed E-state index contributed by atoms with van der Waals surface area (Å²) in [5.74, 6) is 0.759. The standard InChI is InChI=1S/C21H24N2O5/c1-26-17-9-6-10-18(27-2)19(17)20(24)22-11-13-23(14-12-22)21(25)28-15-16-7-4-3-5-8-16/h3-10H,11-15H2,1-2H3. The summed E-state index contributed by atoms with van der Waals surface area (Å²) in [6.07, 6.45) is -0.370. The lowest BCUT2D eigenvalue weighted by molar-refractivity contribution is 0.0539. The second-order valence-corrected chi connectivity index (χ2v) is 6.36. The number of benzene rings is 2. The van der Waals surface area contributed by atoms with Gasteiger partial charge in [-0.2, -0.15) is 0 Å². The molecule has 0 unspecified atom stereocenters. The highest BCUT2D eigenvalue weighted by Gasteiger charge is 2.29. The number of rotatable bonds is 5. The van der Waals surface area contributed by atoms with Gasteiger partial charge in [0, 0.05) is 26.2 Å². The largest absolute Gasteiger partial charge is 0.496 e. The van der Waals surface area contributed by atoms with Crippen LogP contribution in [0.5, 0.6) is 11.5 Å². The first kappa shape index (κ1) is 19.5. The first-order valence-electron chi connectivity index (χ1n) is 9.10. The molecule has 2 aromatic rings. The van der Waals surface area contributed by atoms with Crippen LogP contribution in [0.3, 0.4) is 0 Å². The van der Waals surface area contributed by atoms with E-state index < -0.39 is 0 Å². The molecule has 0 N–H and O–H groups in total. The summed E-state index contributed by atoms with van der Waals surface area (Å²) in [5, 5.41) is 0. The maximum atomic E-state index is 13.0. The Labute approximate surface area is 164 Å². The van der Waals surface area contributed by atoms with Crippen molar-refractivity contribution < 1.29 is 23.8 Å². The second-order valence-electron chi connectivity index (χ2n) is 6.36. The van der Waals surface area contributed by atoms with E-state index in [9.17, 15) is 9.59 Å². The number of hydrogen-bond acceptors (Lipinski definition) is 5. The van der Waals surface area contributed by atoms with Gasteiger partial charge in [-0.1, -0.05) is 36.4 Å². The van der Waals surface area contributed by atoms with Crippen LogP contribution in [0.25, 0.3) is 0 Å². The van der Waals surface area contributed by atoms with Crippen LogP contribution in [0.15, 0.2) is 48.5 Å². The average molecular weight is 384 g/mol. The van der Waals surface area contributed by atoms with Crippen molar-refractivity contribution >= 4 is 12.0 Å². The maximum absolute atomic E-state index is 13.0. The van der Waals surface area contributed by atoms with Crippen molar-refractivity contribution in [2.75, 3.05) is 40.4 Å². The molecule has 0 aliphatic carbocycles. The SMILES string of the molecule is COc1cccc(OC)c1C(=O)N1CCN(C(=O)OCc2ccccc2)CC1. The lowest BCUT2D eigenvalue weighted by Crippen LogP contribution is -2.50. The summed E-state index contributed by atoms with van der Waals surface area (Å²) in [5.41, 5.74) is 1.33. The molecule has 1 fully saturated rings. The lowest BCUT2D eigenvalue weighted by atomic mass is 10.1. The van der Waals surface area contributed by atoms with E-state index in [4.69, 9.17) is 14.2 Å². The van der Waals surface area contributed by atoms with Crippen molar-refractivity contribution in [2.45, 2.75) is 6.61 Å². The van der Waals surface area contributed by atoms with Crippen molar-refractivity contribution in [1.82, 2.24) is 9.80 Å². The molecule has 28 heavy (non-hydrogen) atoms. The Morgan fingerprint density at radius 1 is 0.821 bits per heavy atom. The van der Waals surface area contributed by atoms with Gasteiger partial charge in [-0.05, 0) is 17.7 Å². The quantitative estimate of drug-likeness (QED) is 0.793. The molecule has 0 atom stereocenters. The topological polar surface area (TPSA) is 68.3 Å². The first-order chi connectivity index (χ1) is 13.6. The van der Waals surface area contributed by atoms with Gasteiger partial charge >= 0.3 is 6.09 Å². The molecule has 0 spiro atoms. The van der Waals surface area contributed by atoms with E-state index in [1.165, 1.54) is 14.2 Å². The molecular formula is C21H24N2O5. The van der Waals surface area contributed by atoms with Crippen molar-refractivity contribution in [3.05, 3.63) is 59.7 Å². The Bertz CT molecular complexity index is 795. The molecule has 148 valence electrons. The van der Waals surface area contributed by atoms with Crippen LogP contribution in [0.2, 0.25) is 0 Å². The van der Waals surface area contributed by atoms with Gasteiger partial charge in [0.25, 0.3) is 5.91 Å². The number of carbonyl (C=O) groups is 2. The van der Waals surface area contributed by atoms with Gasteiger partial charge < -0.3 is 24.0 Å². The number of ether oxygens (including phenoxy) is 3. The third-order valence-corrected chi connectivity index (χ3v) is 4.67. The molecule has 7 nitrogen and oxygen atoms in total. The zero-order valence-corrected chi connectivity index (χ0v) is 16.1. The first-order valence-corrected chi connectivity index (χ1v) is 9.10. The van der Waals surface area contributed by atoms with Crippen LogP contribution >= 0.6 is 0 Å². The van der Waals surface area contributed by atoms with E-state index in [0.29, 0.717) is 43.2 Å². The molecule has 0 bridgehead atoms. The third kappa shape index (κ3) is 4.36. The molecule has 1 saturated heterocycles. The Morgan fingerprint density at radius 2 is 1.39 bits per heavy atom. The number of amides is 2. The highest BCUT2D eigenvalue weighted by atomic mass is 16.6. The van der Waals surface area contributed by atoms with E-state index in [1.807, 2.05) is 30.3 Å². The van der Waals surface area contributed by atoms with Crippen LogP contribution in [-0.4, -0.2) is 62.2 Å². The van der Waals surface area contributed by atoms with Gasteiger partial charge in [-0.25, -0.2) is 4.79 Å². The number of carbonyl (C=O) groups excluding carboxylic acids is 2. The van der Waals surface area contributed by atoms with Crippen LogP contribution in [0.1, 0.15) is 15.9 Å². The summed E-state index contributed by atoms with van der Waals surface area (Å²) in [6, 6.07) is 14.8. The average Bonchev–Trinajstić information content (AvgIpc) is 2.77. The van der Waals surface area contributed by atoms with E-state index >= 15 is 0 Å². The molecule has 1 heterocycles. The van der Waals surface area contributed by atoms with Gasteiger partial charge in [0.2, 0.25) is 0 Å². The van der Waals surface area contributed by atoms with E-state index in [2.05, 4.69) is 0 Å². The predicted octanol–water partition coefficient (Wildman–Crippen LogP) is 2.80. The van der Waals surface area contributed by atoms with Gasteiger partial charge in [-0.15, -0.1) is 0 Å². The van der Waals surface area contributed by atoms with Crippen LogP contribution in [0.4, 0.5) is 4.79 Å². The highest BCUT2D eigenvalue weighted by Crippen LogP contribution is 2.29. The Balaban J connectivity index is 1.58. The Morgan fingerprint density at radius 3 is 1.96 bits per heavy atom. The summed E-state index contributed by atoms with van der Waals surface area (Å²) in [7, 11) is 3.04. The predicted molar refractivity (Wildman–Crippen MR) is 104 cm³/mol. The minimum absolute atomic E-state index is 0.174. The fourth-order valence-corrected chi connectivity index (χ4v) is 3.12. The van der Waals surface area contributed by atoms with Crippen molar-refractivity contribution in [3.8, 4) is 11.5 Å². The molecular weight excluding hydrogens is 360 g/mol. The molecule has 1 aliphatic heterocycles. The molecule has 1 aliphatic rings. The van der Waals surface area contributed by atoms with Gasteiger partial charge in [0.15, 0.2) is 0 Å². The van der Waals surface area contributed by atoms with Crippen molar-refractivity contribution in [1.29, 1.82) is 0 Å². The number of nitrogens with zero attached hydrogens (tertiary/aromatic N) is 2.